The van der Waals surface area contributed by atoms with Gasteiger partial charge in [-0.1, -0.05) is 46.8 Å². The maximum Gasteiger partial charge on any atom is 0.352 e. The number of carbonyl (C=O) groups is 4. The number of carboxylic acid groups (broad SMARTS) is 1. The Kier molecular flexibility index (Phi) is 9.71. The summed E-state index contributed by atoms with van der Waals surface area (Å²) in [7, 11) is 0. The molecular weight excluding hydrogens is 668 g/mol. The number of aromatic nitrogens is 3. The van der Waals surface area contributed by atoms with Crippen LogP contribution in [0.4, 0.5) is 0 Å². The zero-order chi connectivity index (χ0) is 32.4. The number of aromatic hydroxyl groups is 1. The third kappa shape index (κ3) is 6.95. The number of β-lactam (4-membered cyclic amide) rings is 1. The molecule has 2 unspecified atom stereocenters. The Balaban J connectivity index is 1.28. The van der Waals surface area contributed by atoms with Crippen LogP contribution in [0, 0.1) is 13.8 Å². The molecule has 18 heteroatoms. The summed E-state index contributed by atoms with van der Waals surface area (Å²) in [6.07, 6.45) is 1.26. The van der Waals surface area contributed by atoms with Crippen molar-refractivity contribution in [3.05, 3.63) is 73.2 Å². The molecule has 4 heterocycles. The first-order valence-corrected chi connectivity index (χ1v) is 16.4. The number of fused-ring (bicyclic) bond motifs is 1. The number of benzene rings is 1. The van der Waals surface area contributed by atoms with E-state index in [0.29, 0.717) is 27.1 Å². The highest BCUT2D eigenvalue weighted by atomic mass is 35.5. The predicted octanol–water partition coefficient (Wildman–Crippen LogP) is 1.97. The van der Waals surface area contributed by atoms with E-state index in [2.05, 4.69) is 25.8 Å². The second kappa shape index (κ2) is 13.5. The van der Waals surface area contributed by atoms with Crippen molar-refractivity contribution in [2.24, 2.45) is 0 Å². The van der Waals surface area contributed by atoms with Gasteiger partial charge in [-0.05, 0) is 37.1 Å². The minimum Gasteiger partial charge on any atom is -0.508 e. The zero-order valence-corrected chi connectivity index (χ0v) is 26.7. The van der Waals surface area contributed by atoms with Gasteiger partial charge < -0.3 is 30.6 Å². The first kappa shape index (κ1) is 32.3. The first-order chi connectivity index (χ1) is 21.4. The van der Waals surface area contributed by atoms with Gasteiger partial charge in [-0.3, -0.25) is 24.1 Å². The molecule has 5 N–H and O–H groups in total. The van der Waals surface area contributed by atoms with E-state index < -0.39 is 53.2 Å². The number of hydrogen-bond donors (Lipinski definition) is 5. The Morgan fingerprint density at radius 3 is 2.62 bits per heavy atom. The maximum atomic E-state index is 13.5. The van der Waals surface area contributed by atoms with Crippen LogP contribution < -0.4 is 20.8 Å². The number of ether oxygens (including phenoxy) is 1. The number of phenols is 1. The lowest BCUT2D eigenvalue weighted by Gasteiger charge is -2.49. The summed E-state index contributed by atoms with van der Waals surface area (Å²) in [4.78, 5) is 68.0. The zero-order valence-electron chi connectivity index (χ0n) is 23.5. The van der Waals surface area contributed by atoms with Gasteiger partial charge in [0.15, 0.2) is 16.7 Å². The third-order valence-corrected chi connectivity index (χ3v) is 10.6. The van der Waals surface area contributed by atoms with E-state index in [4.69, 9.17) is 16.3 Å². The van der Waals surface area contributed by atoms with Gasteiger partial charge in [0.2, 0.25) is 11.3 Å². The quantitative estimate of drug-likeness (QED) is 0.145. The van der Waals surface area contributed by atoms with E-state index in [1.165, 1.54) is 65.3 Å². The molecule has 3 amide bonds. The van der Waals surface area contributed by atoms with E-state index in [0.717, 1.165) is 9.91 Å². The van der Waals surface area contributed by atoms with Gasteiger partial charge in [0.1, 0.15) is 38.9 Å². The number of halogens is 1. The van der Waals surface area contributed by atoms with Crippen LogP contribution in [0.5, 0.6) is 11.5 Å². The van der Waals surface area contributed by atoms with Crippen LogP contribution in [0.15, 0.2) is 50.9 Å². The van der Waals surface area contributed by atoms with E-state index in [1.807, 2.05) is 6.92 Å². The number of carbonyl (C=O) groups excluding carboxylic acids is 3. The highest BCUT2D eigenvalue weighted by Crippen LogP contribution is 2.42. The monoisotopic (exact) mass is 692 g/mol. The largest absolute Gasteiger partial charge is 0.508 e. The lowest BCUT2D eigenvalue weighted by molar-refractivity contribution is -0.151. The van der Waals surface area contributed by atoms with Crippen molar-refractivity contribution in [3.8, 4) is 11.5 Å². The van der Waals surface area contributed by atoms with E-state index in [1.54, 1.807) is 6.92 Å². The molecule has 14 nitrogen and oxygen atoms in total. The summed E-state index contributed by atoms with van der Waals surface area (Å²) in [6.45, 7) is 2.77. The van der Waals surface area contributed by atoms with E-state index in [9.17, 15) is 34.2 Å². The minimum atomic E-state index is -1.33. The number of rotatable bonds is 11. The number of nitrogens with zero attached hydrogens (tertiary/aromatic N) is 3. The summed E-state index contributed by atoms with van der Waals surface area (Å²) in [5.41, 5.74) is 0.509. The number of aromatic amines is 1. The Morgan fingerprint density at radius 1 is 1.22 bits per heavy atom. The van der Waals surface area contributed by atoms with Crippen molar-refractivity contribution < 1.29 is 34.1 Å². The summed E-state index contributed by atoms with van der Waals surface area (Å²) < 4.78 is 6.00. The number of amides is 3. The molecule has 45 heavy (non-hydrogen) atoms. The molecule has 0 spiro atoms. The Bertz CT molecular complexity index is 1760. The lowest BCUT2D eigenvalue weighted by Crippen LogP contribution is -2.71. The van der Waals surface area contributed by atoms with Gasteiger partial charge in [-0.25, -0.2) is 4.79 Å². The highest BCUT2D eigenvalue weighted by molar-refractivity contribution is 8.01. The number of H-pyrrole nitrogens is 1. The topological polar surface area (TPSA) is 204 Å². The summed E-state index contributed by atoms with van der Waals surface area (Å²) >= 11 is 9.97. The number of nitrogens with one attached hydrogen (secondary N) is 3. The average molecular weight is 693 g/mol. The van der Waals surface area contributed by atoms with Crippen molar-refractivity contribution in [1.82, 2.24) is 30.7 Å². The molecule has 3 aromatic rings. The SMILES string of the molecule is Cc1nnc(SCC2=C(C(=O)O)N3C(=O)C(NC(=O)C(NC(=O)COc4c[nH]c(C)c(Cl)c4=O)c4ccc(O)cc4)[C@H]3SC2)s1. The maximum absolute atomic E-state index is 13.5. The van der Waals surface area contributed by atoms with Gasteiger partial charge in [0.05, 0.1) is 0 Å². The van der Waals surface area contributed by atoms with Crippen LogP contribution in [0.2, 0.25) is 5.02 Å². The molecule has 0 saturated carbocycles. The number of hydrogen-bond acceptors (Lipinski definition) is 12. The van der Waals surface area contributed by atoms with Crippen molar-refractivity contribution in [2.45, 2.75) is 35.6 Å². The molecule has 2 aliphatic rings. The molecular formula is C27H25ClN6O8S3. The molecule has 1 saturated heterocycles. The number of aliphatic carboxylic acids is 1. The van der Waals surface area contributed by atoms with Crippen LogP contribution in [-0.2, 0) is 19.2 Å². The molecule has 0 bridgehead atoms. The van der Waals surface area contributed by atoms with E-state index >= 15 is 0 Å². The van der Waals surface area contributed by atoms with E-state index in [-0.39, 0.29) is 27.8 Å². The smallest absolute Gasteiger partial charge is 0.352 e. The molecule has 1 fully saturated rings. The first-order valence-electron chi connectivity index (χ1n) is 13.2. The predicted molar refractivity (Wildman–Crippen MR) is 166 cm³/mol. The molecule has 2 aliphatic heterocycles. The summed E-state index contributed by atoms with van der Waals surface area (Å²) in [6, 6.07) is 3.11. The fraction of sp³-hybridized carbons (Fsp3) is 0.296. The van der Waals surface area contributed by atoms with Crippen molar-refractivity contribution in [3.63, 3.8) is 0 Å². The molecule has 3 atom stereocenters. The molecule has 0 radical (unpaired) electrons. The van der Waals surface area contributed by atoms with Gasteiger partial charge in [0, 0.05) is 23.4 Å². The minimum absolute atomic E-state index is 0.0744. The molecule has 1 aromatic carbocycles. The van der Waals surface area contributed by atoms with Crippen LogP contribution >= 0.6 is 46.5 Å². The second-order valence-electron chi connectivity index (χ2n) is 9.83. The molecule has 236 valence electrons. The second-order valence-corrected chi connectivity index (χ2v) is 13.7. The number of aryl methyl sites for hydroxylation is 2. The van der Waals surface area contributed by atoms with Crippen LogP contribution in [0.25, 0.3) is 0 Å². The number of pyridine rings is 1. The summed E-state index contributed by atoms with van der Waals surface area (Å²) in [5, 5.41) is 32.9. The van der Waals surface area contributed by atoms with Crippen molar-refractivity contribution >= 4 is 70.2 Å². The van der Waals surface area contributed by atoms with Crippen LogP contribution in [0.1, 0.15) is 22.3 Å². The fourth-order valence-corrected chi connectivity index (χ4v) is 7.97. The van der Waals surface area contributed by atoms with Crippen LogP contribution in [0.3, 0.4) is 0 Å². The van der Waals surface area contributed by atoms with Crippen molar-refractivity contribution in [2.75, 3.05) is 18.1 Å². The number of phenolic OH excluding ortho intramolecular Hbond substituents is 1. The lowest BCUT2D eigenvalue weighted by atomic mass is 10.0. The molecule has 2 aromatic heterocycles. The highest BCUT2D eigenvalue weighted by Gasteiger charge is 2.54. The number of carboxylic acids is 1. The number of thioether (sulfide) groups is 2. The Hall–Kier alpha value is -4.06. The Labute approximate surface area is 272 Å². The van der Waals surface area contributed by atoms with Gasteiger partial charge in [0.25, 0.3) is 11.8 Å². The Morgan fingerprint density at radius 2 is 1.96 bits per heavy atom. The van der Waals surface area contributed by atoms with Crippen LogP contribution in [-0.4, -0.2) is 83.5 Å². The molecule has 0 aliphatic carbocycles. The third-order valence-electron chi connectivity index (χ3n) is 6.75. The normalized spacial score (nSPS) is 18.1. The standard InChI is InChI=1S/C27H25ClN6O8S3/c1-11-18(28)22(37)16(7-29-11)42-8-17(36)30-19(13-3-5-15(35)6-4-13)23(38)31-20-24(39)34-21(26(40)41)14(9-43-25(20)34)10-44-27-33-32-12(2)45-27/h3-7,19-20,25,35H,8-10H2,1-2H3,(H,29,37)(H,30,36)(H,31,38)(H,40,41)/t19?,20?,25-/m1/s1. The molecule has 5 rings (SSSR count). The van der Waals surface area contributed by atoms with Gasteiger partial charge >= 0.3 is 5.97 Å². The summed E-state index contributed by atoms with van der Waals surface area (Å²) in [5.74, 6) is -3.05. The van der Waals surface area contributed by atoms with Gasteiger partial charge in [-0.15, -0.1) is 22.0 Å². The fourth-order valence-electron chi connectivity index (χ4n) is 4.52. The van der Waals surface area contributed by atoms with Crippen molar-refractivity contribution in [1.29, 1.82) is 0 Å². The van der Waals surface area contributed by atoms with Gasteiger partial charge in [-0.2, -0.15) is 0 Å². The average Bonchev–Trinajstić information content (AvgIpc) is 3.44.